The van der Waals surface area contributed by atoms with Gasteiger partial charge in [-0.05, 0) is 24.3 Å². The SMILES string of the molecule is O=C(O)c1ccc(C(=O)N2CCSCC2)cc1. The lowest BCUT2D eigenvalue weighted by Crippen LogP contribution is -2.37. The maximum absolute atomic E-state index is 12.1. The summed E-state index contributed by atoms with van der Waals surface area (Å²) in [7, 11) is 0. The second-order valence-electron chi connectivity index (χ2n) is 3.79. The van der Waals surface area contributed by atoms with Crippen LogP contribution in [0.2, 0.25) is 0 Å². The average Bonchev–Trinajstić information content (AvgIpc) is 2.39. The third-order valence-electron chi connectivity index (χ3n) is 2.68. The van der Waals surface area contributed by atoms with Crippen molar-refractivity contribution in [2.24, 2.45) is 0 Å². The zero-order valence-electron chi connectivity index (χ0n) is 9.26. The Kier molecular flexibility index (Phi) is 3.68. The van der Waals surface area contributed by atoms with Crippen LogP contribution in [0.1, 0.15) is 20.7 Å². The molecule has 5 heteroatoms. The van der Waals surface area contributed by atoms with Crippen molar-refractivity contribution in [1.29, 1.82) is 0 Å². The number of carboxylic acid groups (broad SMARTS) is 1. The first-order valence-corrected chi connectivity index (χ1v) is 6.54. The zero-order valence-corrected chi connectivity index (χ0v) is 10.1. The van der Waals surface area contributed by atoms with E-state index in [-0.39, 0.29) is 11.5 Å². The van der Waals surface area contributed by atoms with E-state index < -0.39 is 5.97 Å². The van der Waals surface area contributed by atoms with Crippen LogP contribution < -0.4 is 0 Å². The lowest BCUT2D eigenvalue weighted by atomic mass is 10.1. The maximum atomic E-state index is 12.1. The molecule has 90 valence electrons. The van der Waals surface area contributed by atoms with Gasteiger partial charge >= 0.3 is 5.97 Å². The van der Waals surface area contributed by atoms with Crippen molar-refractivity contribution in [1.82, 2.24) is 4.90 Å². The summed E-state index contributed by atoms with van der Waals surface area (Å²) in [6.07, 6.45) is 0. The molecule has 0 aliphatic carbocycles. The Morgan fingerprint density at radius 1 is 1.06 bits per heavy atom. The van der Waals surface area contributed by atoms with Gasteiger partial charge in [0.15, 0.2) is 0 Å². The Morgan fingerprint density at radius 3 is 2.12 bits per heavy atom. The van der Waals surface area contributed by atoms with Gasteiger partial charge in [0.25, 0.3) is 5.91 Å². The number of aromatic carboxylic acids is 1. The summed E-state index contributed by atoms with van der Waals surface area (Å²) >= 11 is 1.85. The van der Waals surface area contributed by atoms with E-state index in [0.29, 0.717) is 5.56 Å². The van der Waals surface area contributed by atoms with E-state index in [1.807, 2.05) is 16.7 Å². The molecule has 1 saturated heterocycles. The van der Waals surface area contributed by atoms with Crippen molar-refractivity contribution in [3.63, 3.8) is 0 Å². The molecule has 1 fully saturated rings. The van der Waals surface area contributed by atoms with Gasteiger partial charge in [-0.1, -0.05) is 0 Å². The molecule has 0 saturated carbocycles. The highest BCUT2D eigenvalue weighted by Gasteiger charge is 2.18. The standard InChI is InChI=1S/C12H13NO3S/c14-11(13-5-7-17-8-6-13)9-1-3-10(4-2-9)12(15)16/h1-4H,5-8H2,(H,15,16). The largest absolute Gasteiger partial charge is 0.478 e. The van der Waals surface area contributed by atoms with Gasteiger partial charge in [0, 0.05) is 30.2 Å². The third-order valence-corrected chi connectivity index (χ3v) is 3.62. The Labute approximate surface area is 104 Å². The van der Waals surface area contributed by atoms with Gasteiger partial charge in [-0.15, -0.1) is 0 Å². The summed E-state index contributed by atoms with van der Waals surface area (Å²) in [4.78, 5) is 24.5. The normalized spacial score (nSPS) is 15.6. The molecule has 0 atom stereocenters. The number of carboxylic acids is 1. The van der Waals surface area contributed by atoms with Crippen LogP contribution in [-0.4, -0.2) is 46.5 Å². The summed E-state index contributed by atoms with van der Waals surface area (Å²) in [5, 5.41) is 8.76. The molecule has 1 N–H and O–H groups in total. The molecular formula is C12H13NO3S. The van der Waals surface area contributed by atoms with E-state index in [4.69, 9.17) is 5.11 Å². The molecule has 0 unspecified atom stereocenters. The van der Waals surface area contributed by atoms with Gasteiger partial charge < -0.3 is 10.0 Å². The van der Waals surface area contributed by atoms with Gasteiger partial charge in [0.05, 0.1) is 5.56 Å². The molecule has 1 aromatic carbocycles. The highest BCUT2D eigenvalue weighted by atomic mass is 32.2. The summed E-state index contributed by atoms with van der Waals surface area (Å²) in [6, 6.07) is 6.09. The second-order valence-corrected chi connectivity index (χ2v) is 5.01. The molecule has 17 heavy (non-hydrogen) atoms. The lowest BCUT2D eigenvalue weighted by molar-refractivity contribution is 0.0694. The fraction of sp³-hybridized carbons (Fsp3) is 0.333. The van der Waals surface area contributed by atoms with Crippen LogP contribution >= 0.6 is 11.8 Å². The first-order chi connectivity index (χ1) is 8.18. The van der Waals surface area contributed by atoms with Crippen molar-refractivity contribution in [3.05, 3.63) is 35.4 Å². The Balaban J connectivity index is 2.10. The number of thioether (sulfide) groups is 1. The van der Waals surface area contributed by atoms with Gasteiger partial charge in [0.1, 0.15) is 0 Å². The van der Waals surface area contributed by atoms with E-state index in [1.165, 1.54) is 12.1 Å². The fourth-order valence-corrected chi connectivity index (χ4v) is 2.61. The smallest absolute Gasteiger partial charge is 0.335 e. The maximum Gasteiger partial charge on any atom is 0.335 e. The van der Waals surface area contributed by atoms with Crippen LogP contribution in [-0.2, 0) is 0 Å². The number of hydrogen-bond donors (Lipinski definition) is 1. The Hall–Kier alpha value is -1.49. The van der Waals surface area contributed by atoms with Crippen LogP contribution in [0.5, 0.6) is 0 Å². The molecule has 1 aromatic rings. The van der Waals surface area contributed by atoms with Crippen LogP contribution in [0.15, 0.2) is 24.3 Å². The zero-order chi connectivity index (χ0) is 12.3. The highest BCUT2D eigenvalue weighted by Crippen LogP contribution is 2.13. The van der Waals surface area contributed by atoms with Gasteiger partial charge in [0.2, 0.25) is 0 Å². The summed E-state index contributed by atoms with van der Waals surface area (Å²) in [6.45, 7) is 1.54. The van der Waals surface area contributed by atoms with E-state index in [0.717, 1.165) is 24.6 Å². The first kappa shape index (κ1) is 12.0. The molecule has 1 aliphatic heterocycles. The number of rotatable bonds is 2. The minimum Gasteiger partial charge on any atom is -0.478 e. The molecular weight excluding hydrogens is 238 g/mol. The summed E-state index contributed by atoms with van der Waals surface area (Å²) in [5.41, 5.74) is 0.762. The fourth-order valence-electron chi connectivity index (χ4n) is 1.70. The van der Waals surface area contributed by atoms with Crippen molar-refractivity contribution < 1.29 is 14.7 Å². The molecule has 0 bridgehead atoms. The van der Waals surface area contributed by atoms with E-state index in [2.05, 4.69) is 0 Å². The minimum absolute atomic E-state index is 0.0118. The van der Waals surface area contributed by atoms with E-state index >= 15 is 0 Å². The number of hydrogen-bond acceptors (Lipinski definition) is 3. The first-order valence-electron chi connectivity index (χ1n) is 5.39. The van der Waals surface area contributed by atoms with Crippen LogP contribution in [0, 0.1) is 0 Å². The average molecular weight is 251 g/mol. The summed E-state index contributed by atoms with van der Waals surface area (Å²) in [5.74, 6) is 0.957. The van der Waals surface area contributed by atoms with Crippen LogP contribution in [0.4, 0.5) is 0 Å². The molecule has 4 nitrogen and oxygen atoms in total. The quantitative estimate of drug-likeness (QED) is 0.867. The van der Waals surface area contributed by atoms with Crippen molar-refractivity contribution >= 4 is 23.6 Å². The number of nitrogens with zero attached hydrogens (tertiary/aromatic N) is 1. The minimum atomic E-state index is -0.974. The molecule has 0 spiro atoms. The predicted octanol–water partition coefficient (Wildman–Crippen LogP) is 1.57. The molecule has 0 radical (unpaired) electrons. The van der Waals surface area contributed by atoms with Crippen molar-refractivity contribution in [2.45, 2.75) is 0 Å². The summed E-state index contributed by atoms with van der Waals surface area (Å²) < 4.78 is 0. The van der Waals surface area contributed by atoms with Crippen LogP contribution in [0.3, 0.4) is 0 Å². The van der Waals surface area contributed by atoms with Gasteiger partial charge in [-0.2, -0.15) is 11.8 Å². The van der Waals surface area contributed by atoms with Gasteiger partial charge in [-0.25, -0.2) is 4.79 Å². The molecule has 1 heterocycles. The molecule has 1 amide bonds. The molecule has 1 aliphatic rings. The van der Waals surface area contributed by atoms with E-state index in [1.54, 1.807) is 12.1 Å². The lowest BCUT2D eigenvalue weighted by Gasteiger charge is -2.26. The second kappa shape index (κ2) is 5.23. The Bertz CT molecular complexity index is 424. The number of amides is 1. The van der Waals surface area contributed by atoms with E-state index in [9.17, 15) is 9.59 Å². The van der Waals surface area contributed by atoms with Gasteiger partial charge in [-0.3, -0.25) is 4.79 Å². The monoisotopic (exact) mass is 251 g/mol. The van der Waals surface area contributed by atoms with Crippen LogP contribution in [0.25, 0.3) is 0 Å². The number of benzene rings is 1. The molecule has 0 aromatic heterocycles. The van der Waals surface area contributed by atoms with Crippen molar-refractivity contribution in [3.8, 4) is 0 Å². The molecule has 2 rings (SSSR count). The predicted molar refractivity (Wildman–Crippen MR) is 66.6 cm³/mol. The Morgan fingerprint density at radius 2 is 1.59 bits per heavy atom. The highest BCUT2D eigenvalue weighted by molar-refractivity contribution is 7.99. The topological polar surface area (TPSA) is 57.6 Å². The van der Waals surface area contributed by atoms with Crippen molar-refractivity contribution in [2.75, 3.05) is 24.6 Å². The third kappa shape index (κ3) is 2.79. The number of carbonyl (C=O) groups excluding carboxylic acids is 1. The number of carbonyl (C=O) groups is 2.